The molecule has 0 saturated carbocycles. The van der Waals surface area contributed by atoms with E-state index in [9.17, 15) is 4.79 Å². The third kappa shape index (κ3) is 3.81. The number of hydrogen-bond donors (Lipinski definition) is 0. The summed E-state index contributed by atoms with van der Waals surface area (Å²) in [5, 5.41) is 0. The highest BCUT2D eigenvalue weighted by molar-refractivity contribution is 5.95. The highest BCUT2D eigenvalue weighted by atomic mass is 16.5. The van der Waals surface area contributed by atoms with Gasteiger partial charge in [-0.05, 0) is 45.9 Å². The number of carbonyl (C=O) groups excluding carboxylic acids is 1. The van der Waals surface area contributed by atoms with Crippen molar-refractivity contribution in [2.24, 2.45) is 0 Å². The van der Waals surface area contributed by atoms with Crippen LogP contribution < -0.4 is 9.47 Å². The van der Waals surface area contributed by atoms with E-state index in [1.165, 1.54) is 0 Å². The van der Waals surface area contributed by atoms with Gasteiger partial charge in [-0.1, -0.05) is 0 Å². The Hall–Kier alpha value is -2.43. The molecule has 0 fully saturated rings. The molecule has 0 aliphatic heterocycles. The number of nitrogens with zero attached hydrogens (tertiary/aromatic N) is 2. The van der Waals surface area contributed by atoms with Crippen molar-refractivity contribution in [2.75, 3.05) is 21.3 Å². The monoisotopic (exact) mass is 344 g/mol. The second-order valence-electron chi connectivity index (χ2n) is 6.59. The lowest BCUT2D eigenvalue weighted by molar-refractivity contribution is 0.0783. The van der Waals surface area contributed by atoms with Crippen LogP contribution in [0.3, 0.4) is 0 Å². The summed E-state index contributed by atoms with van der Waals surface area (Å²) in [5.74, 6) is 1.46. The first-order chi connectivity index (χ1) is 11.8. The number of aryl methyl sites for hydroxylation is 1. The molecule has 0 spiro atoms. The Morgan fingerprint density at radius 3 is 2.36 bits per heavy atom. The molecule has 0 saturated heterocycles. The maximum atomic E-state index is 12.9. The molecule has 136 valence electrons. The molecular weight excluding hydrogens is 316 g/mol. The number of rotatable bonds is 6. The maximum absolute atomic E-state index is 12.9. The minimum absolute atomic E-state index is 0.0119. The molecule has 1 heterocycles. The molecule has 0 aliphatic rings. The standard InChI is InChI=1S/C20H28N2O3/c1-13(2)22-14(3)10-18(15(22)4)20(23)21(5)12-16-8-9-17(24-6)11-19(16)25-7/h8-11,13H,12H2,1-7H3. The zero-order valence-electron chi connectivity index (χ0n) is 16.2. The number of carbonyl (C=O) groups is 1. The quantitative estimate of drug-likeness (QED) is 0.796. The van der Waals surface area contributed by atoms with Gasteiger partial charge in [-0.25, -0.2) is 0 Å². The molecule has 2 aromatic rings. The van der Waals surface area contributed by atoms with Crippen molar-refractivity contribution in [3.05, 3.63) is 46.8 Å². The van der Waals surface area contributed by atoms with E-state index in [2.05, 4.69) is 18.4 Å². The van der Waals surface area contributed by atoms with E-state index >= 15 is 0 Å². The maximum Gasteiger partial charge on any atom is 0.255 e. The van der Waals surface area contributed by atoms with Crippen LogP contribution in [0, 0.1) is 13.8 Å². The Morgan fingerprint density at radius 1 is 1.16 bits per heavy atom. The Balaban J connectivity index is 2.26. The molecule has 5 heteroatoms. The van der Waals surface area contributed by atoms with Gasteiger partial charge in [0.15, 0.2) is 0 Å². The van der Waals surface area contributed by atoms with Crippen LogP contribution in [0.1, 0.15) is 47.2 Å². The lowest BCUT2D eigenvalue weighted by Crippen LogP contribution is -2.27. The van der Waals surface area contributed by atoms with Crippen LogP contribution in [0.25, 0.3) is 0 Å². The molecule has 0 unspecified atom stereocenters. The Bertz CT molecular complexity index is 763. The van der Waals surface area contributed by atoms with Crippen LogP contribution in [0.2, 0.25) is 0 Å². The van der Waals surface area contributed by atoms with Crippen molar-refractivity contribution in [1.29, 1.82) is 0 Å². The Kier molecular flexibility index (Phi) is 5.77. The summed E-state index contributed by atoms with van der Waals surface area (Å²) in [4.78, 5) is 14.6. The molecule has 25 heavy (non-hydrogen) atoms. The van der Waals surface area contributed by atoms with Crippen LogP contribution in [-0.2, 0) is 6.54 Å². The van der Waals surface area contributed by atoms with Crippen LogP contribution in [-0.4, -0.2) is 36.6 Å². The summed E-state index contributed by atoms with van der Waals surface area (Å²) >= 11 is 0. The minimum atomic E-state index is 0.0119. The number of methoxy groups -OCH3 is 2. The van der Waals surface area contributed by atoms with Gasteiger partial charge in [0, 0.05) is 42.7 Å². The summed E-state index contributed by atoms with van der Waals surface area (Å²) in [6.07, 6.45) is 0. The third-order valence-electron chi connectivity index (χ3n) is 4.48. The topological polar surface area (TPSA) is 43.7 Å². The molecule has 0 aliphatic carbocycles. The molecule has 2 rings (SSSR count). The predicted molar refractivity (Wildman–Crippen MR) is 99.6 cm³/mol. The van der Waals surface area contributed by atoms with E-state index in [4.69, 9.17) is 9.47 Å². The van der Waals surface area contributed by atoms with Gasteiger partial charge in [-0.15, -0.1) is 0 Å². The highest BCUT2D eigenvalue weighted by Crippen LogP contribution is 2.27. The van der Waals surface area contributed by atoms with Crippen LogP contribution in [0.15, 0.2) is 24.3 Å². The average molecular weight is 344 g/mol. The molecule has 0 radical (unpaired) electrons. The van der Waals surface area contributed by atoms with Crippen LogP contribution in [0.5, 0.6) is 11.5 Å². The van der Waals surface area contributed by atoms with Crippen molar-refractivity contribution in [2.45, 2.75) is 40.3 Å². The zero-order chi connectivity index (χ0) is 18.7. The fraction of sp³-hybridized carbons (Fsp3) is 0.450. The van der Waals surface area contributed by atoms with E-state index < -0.39 is 0 Å². The molecular formula is C20H28N2O3. The van der Waals surface area contributed by atoms with Crippen LogP contribution in [0.4, 0.5) is 0 Å². The molecule has 1 aromatic carbocycles. The second-order valence-corrected chi connectivity index (χ2v) is 6.59. The average Bonchev–Trinajstić information content (AvgIpc) is 2.88. The molecule has 1 amide bonds. The Morgan fingerprint density at radius 2 is 1.84 bits per heavy atom. The van der Waals surface area contributed by atoms with E-state index in [0.29, 0.717) is 18.3 Å². The third-order valence-corrected chi connectivity index (χ3v) is 4.48. The van der Waals surface area contributed by atoms with E-state index in [-0.39, 0.29) is 5.91 Å². The summed E-state index contributed by atoms with van der Waals surface area (Å²) in [6.45, 7) is 8.76. The van der Waals surface area contributed by atoms with Gasteiger partial charge in [0.2, 0.25) is 0 Å². The fourth-order valence-corrected chi connectivity index (χ4v) is 3.30. The summed E-state index contributed by atoms with van der Waals surface area (Å²) in [5.41, 5.74) is 3.80. The molecule has 0 N–H and O–H groups in total. The number of hydrogen-bond acceptors (Lipinski definition) is 3. The number of aromatic nitrogens is 1. The van der Waals surface area contributed by atoms with Gasteiger partial charge in [0.1, 0.15) is 11.5 Å². The predicted octanol–water partition coefficient (Wildman–Crippen LogP) is 3.98. The Labute approximate surface area is 150 Å². The number of ether oxygens (including phenoxy) is 2. The van der Waals surface area contributed by atoms with E-state index in [1.807, 2.05) is 45.2 Å². The van der Waals surface area contributed by atoms with Gasteiger partial charge in [0.05, 0.1) is 19.8 Å². The van der Waals surface area contributed by atoms with E-state index in [0.717, 1.165) is 28.3 Å². The van der Waals surface area contributed by atoms with Gasteiger partial charge in [0.25, 0.3) is 5.91 Å². The van der Waals surface area contributed by atoms with Gasteiger partial charge >= 0.3 is 0 Å². The van der Waals surface area contributed by atoms with E-state index in [1.54, 1.807) is 19.1 Å². The first kappa shape index (κ1) is 18.9. The summed E-state index contributed by atoms with van der Waals surface area (Å²) in [7, 11) is 5.05. The molecule has 5 nitrogen and oxygen atoms in total. The number of benzene rings is 1. The van der Waals surface area contributed by atoms with Gasteiger partial charge < -0.3 is 18.9 Å². The molecule has 1 aromatic heterocycles. The van der Waals surface area contributed by atoms with Crippen molar-refractivity contribution in [3.8, 4) is 11.5 Å². The van der Waals surface area contributed by atoms with Crippen molar-refractivity contribution >= 4 is 5.91 Å². The van der Waals surface area contributed by atoms with Crippen molar-refractivity contribution in [1.82, 2.24) is 9.47 Å². The highest BCUT2D eigenvalue weighted by Gasteiger charge is 2.21. The lowest BCUT2D eigenvalue weighted by atomic mass is 10.1. The zero-order valence-corrected chi connectivity index (χ0v) is 16.2. The lowest BCUT2D eigenvalue weighted by Gasteiger charge is -2.20. The van der Waals surface area contributed by atoms with Crippen molar-refractivity contribution in [3.63, 3.8) is 0 Å². The van der Waals surface area contributed by atoms with Crippen LogP contribution >= 0.6 is 0 Å². The second kappa shape index (κ2) is 7.64. The smallest absolute Gasteiger partial charge is 0.255 e. The van der Waals surface area contributed by atoms with Crippen molar-refractivity contribution < 1.29 is 14.3 Å². The first-order valence-electron chi connectivity index (χ1n) is 8.44. The normalized spacial score (nSPS) is 10.9. The van der Waals surface area contributed by atoms with Gasteiger partial charge in [-0.3, -0.25) is 4.79 Å². The largest absolute Gasteiger partial charge is 0.497 e. The fourth-order valence-electron chi connectivity index (χ4n) is 3.30. The number of amides is 1. The summed E-state index contributed by atoms with van der Waals surface area (Å²) < 4.78 is 12.8. The van der Waals surface area contributed by atoms with Gasteiger partial charge in [-0.2, -0.15) is 0 Å². The molecule has 0 bridgehead atoms. The summed E-state index contributed by atoms with van der Waals surface area (Å²) in [6, 6.07) is 7.94. The SMILES string of the molecule is COc1ccc(CN(C)C(=O)c2cc(C)n(C(C)C)c2C)c(OC)c1. The minimum Gasteiger partial charge on any atom is -0.497 e. The molecule has 0 atom stereocenters. The first-order valence-corrected chi connectivity index (χ1v) is 8.44.